The molecule has 0 aromatic heterocycles. The van der Waals surface area contributed by atoms with Crippen LogP contribution in [-0.4, -0.2) is 14.3 Å². The molecule has 0 spiro atoms. The van der Waals surface area contributed by atoms with Crippen LogP contribution in [0.3, 0.4) is 0 Å². The van der Waals surface area contributed by atoms with Gasteiger partial charge in [-0.2, -0.15) is 0 Å². The lowest BCUT2D eigenvalue weighted by atomic mass is 10.2. The molecular formula is C19H14Br2N2O3S. The van der Waals surface area contributed by atoms with E-state index in [0.717, 1.165) is 8.95 Å². The van der Waals surface area contributed by atoms with Gasteiger partial charge in [0.25, 0.3) is 15.9 Å². The molecule has 0 heterocycles. The van der Waals surface area contributed by atoms with E-state index in [4.69, 9.17) is 0 Å². The van der Waals surface area contributed by atoms with Gasteiger partial charge in [0.1, 0.15) is 0 Å². The summed E-state index contributed by atoms with van der Waals surface area (Å²) in [6.07, 6.45) is 0. The van der Waals surface area contributed by atoms with Gasteiger partial charge >= 0.3 is 0 Å². The van der Waals surface area contributed by atoms with E-state index in [9.17, 15) is 13.2 Å². The lowest BCUT2D eigenvalue weighted by molar-refractivity contribution is 0.102. The van der Waals surface area contributed by atoms with Crippen LogP contribution in [0.1, 0.15) is 10.4 Å². The molecule has 0 saturated carbocycles. The molecule has 0 aliphatic rings. The van der Waals surface area contributed by atoms with E-state index in [-0.39, 0.29) is 10.5 Å². The molecule has 0 aliphatic carbocycles. The maximum atomic E-state index is 12.6. The van der Waals surface area contributed by atoms with Crippen molar-refractivity contribution in [2.75, 3.05) is 10.0 Å². The number of halogens is 2. The van der Waals surface area contributed by atoms with Crippen LogP contribution in [0.15, 0.2) is 86.6 Å². The van der Waals surface area contributed by atoms with Crippen molar-refractivity contribution in [2.24, 2.45) is 0 Å². The van der Waals surface area contributed by atoms with Crippen LogP contribution >= 0.6 is 31.9 Å². The fourth-order valence-electron chi connectivity index (χ4n) is 2.27. The number of rotatable bonds is 5. The number of amides is 1. The number of benzene rings is 3. The minimum Gasteiger partial charge on any atom is -0.322 e. The standard InChI is InChI=1S/C19H14Br2N2O3S/c20-14-4-8-16(9-5-14)22-19(24)13-2-1-3-18(12-13)27(25,26)23-17-10-6-15(21)7-11-17/h1-12,23H,(H,22,24). The quantitative estimate of drug-likeness (QED) is 0.492. The third-order valence-corrected chi connectivity index (χ3v) is 6.04. The van der Waals surface area contributed by atoms with Gasteiger partial charge in [-0.05, 0) is 66.7 Å². The average molecular weight is 510 g/mol. The van der Waals surface area contributed by atoms with Crippen LogP contribution in [0.4, 0.5) is 11.4 Å². The summed E-state index contributed by atoms with van der Waals surface area (Å²) < 4.78 is 29.4. The molecule has 0 unspecified atom stereocenters. The summed E-state index contributed by atoms with van der Waals surface area (Å²) in [6, 6.07) is 19.7. The third-order valence-electron chi connectivity index (χ3n) is 3.61. The Bertz CT molecular complexity index is 1070. The van der Waals surface area contributed by atoms with E-state index in [1.165, 1.54) is 18.2 Å². The maximum Gasteiger partial charge on any atom is 0.261 e. The van der Waals surface area contributed by atoms with E-state index in [1.807, 2.05) is 0 Å². The minimum absolute atomic E-state index is 0.00822. The fourth-order valence-corrected chi connectivity index (χ4v) is 3.91. The predicted molar refractivity (Wildman–Crippen MR) is 113 cm³/mol. The summed E-state index contributed by atoms with van der Waals surface area (Å²) in [5, 5.41) is 2.74. The second-order valence-corrected chi connectivity index (χ2v) is 9.11. The van der Waals surface area contributed by atoms with Gasteiger partial charge < -0.3 is 5.32 Å². The van der Waals surface area contributed by atoms with E-state index in [1.54, 1.807) is 54.6 Å². The van der Waals surface area contributed by atoms with Gasteiger partial charge in [-0.25, -0.2) is 8.42 Å². The van der Waals surface area contributed by atoms with Crippen LogP contribution in [0.5, 0.6) is 0 Å². The van der Waals surface area contributed by atoms with E-state index >= 15 is 0 Å². The first-order chi connectivity index (χ1) is 12.8. The molecule has 0 radical (unpaired) electrons. The zero-order chi connectivity index (χ0) is 19.4. The van der Waals surface area contributed by atoms with Crippen LogP contribution in [0.2, 0.25) is 0 Å². The van der Waals surface area contributed by atoms with Crippen molar-refractivity contribution in [3.05, 3.63) is 87.3 Å². The molecule has 0 fully saturated rings. The number of carbonyl (C=O) groups is 1. The molecular weight excluding hydrogens is 496 g/mol. The van der Waals surface area contributed by atoms with Crippen molar-refractivity contribution in [1.29, 1.82) is 0 Å². The molecule has 8 heteroatoms. The van der Waals surface area contributed by atoms with Crippen LogP contribution < -0.4 is 10.0 Å². The van der Waals surface area contributed by atoms with Crippen molar-refractivity contribution in [3.8, 4) is 0 Å². The summed E-state index contributed by atoms with van der Waals surface area (Å²) in [5.41, 5.74) is 1.30. The van der Waals surface area contributed by atoms with Crippen molar-refractivity contribution in [1.82, 2.24) is 0 Å². The highest BCUT2D eigenvalue weighted by atomic mass is 79.9. The molecule has 0 bridgehead atoms. The summed E-state index contributed by atoms with van der Waals surface area (Å²) in [7, 11) is -3.81. The van der Waals surface area contributed by atoms with E-state index < -0.39 is 15.9 Å². The van der Waals surface area contributed by atoms with Crippen LogP contribution in [-0.2, 0) is 10.0 Å². The Kier molecular flexibility index (Phi) is 5.98. The molecule has 2 N–H and O–H groups in total. The first-order valence-corrected chi connectivity index (χ1v) is 10.9. The zero-order valence-electron chi connectivity index (χ0n) is 13.8. The van der Waals surface area contributed by atoms with Crippen molar-refractivity contribution in [3.63, 3.8) is 0 Å². The smallest absolute Gasteiger partial charge is 0.261 e. The van der Waals surface area contributed by atoms with Crippen molar-refractivity contribution >= 4 is 59.2 Å². The van der Waals surface area contributed by atoms with Gasteiger partial charge in [0.2, 0.25) is 0 Å². The summed E-state index contributed by atoms with van der Waals surface area (Å²) >= 11 is 6.63. The maximum absolute atomic E-state index is 12.6. The second-order valence-electron chi connectivity index (χ2n) is 5.60. The Labute approximate surface area is 174 Å². The molecule has 3 rings (SSSR count). The normalized spacial score (nSPS) is 11.0. The Morgan fingerprint density at radius 3 is 1.93 bits per heavy atom. The number of carbonyl (C=O) groups excluding carboxylic acids is 1. The summed E-state index contributed by atoms with van der Waals surface area (Å²) in [4.78, 5) is 12.4. The Hall–Kier alpha value is -2.16. The number of hydrogen-bond donors (Lipinski definition) is 2. The average Bonchev–Trinajstić information content (AvgIpc) is 2.65. The molecule has 1 amide bonds. The van der Waals surface area contributed by atoms with Gasteiger partial charge in [-0.15, -0.1) is 0 Å². The third kappa shape index (κ3) is 5.18. The highest BCUT2D eigenvalue weighted by Gasteiger charge is 2.16. The SMILES string of the molecule is O=C(Nc1ccc(Br)cc1)c1cccc(S(=O)(=O)Nc2ccc(Br)cc2)c1. The first-order valence-electron chi connectivity index (χ1n) is 7.79. The lowest BCUT2D eigenvalue weighted by Gasteiger charge is -2.10. The molecule has 3 aromatic rings. The Balaban J connectivity index is 1.80. The minimum atomic E-state index is -3.81. The second kappa shape index (κ2) is 8.24. The van der Waals surface area contributed by atoms with E-state index in [0.29, 0.717) is 11.4 Å². The summed E-state index contributed by atoms with van der Waals surface area (Å²) in [6.45, 7) is 0. The highest BCUT2D eigenvalue weighted by Crippen LogP contribution is 2.20. The number of nitrogens with one attached hydrogen (secondary N) is 2. The largest absolute Gasteiger partial charge is 0.322 e. The van der Waals surface area contributed by atoms with Crippen molar-refractivity contribution in [2.45, 2.75) is 4.90 Å². The van der Waals surface area contributed by atoms with Gasteiger partial charge in [-0.1, -0.05) is 37.9 Å². The molecule has 5 nitrogen and oxygen atoms in total. The number of hydrogen-bond acceptors (Lipinski definition) is 3. The molecule has 27 heavy (non-hydrogen) atoms. The zero-order valence-corrected chi connectivity index (χ0v) is 17.8. The van der Waals surface area contributed by atoms with Gasteiger partial charge in [0, 0.05) is 25.9 Å². The molecule has 0 aliphatic heterocycles. The van der Waals surface area contributed by atoms with Crippen LogP contribution in [0, 0.1) is 0 Å². The monoisotopic (exact) mass is 508 g/mol. The Morgan fingerprint density at radius 1 is 0.778 bits per heavy atom. The number of sulfonamides is 1. The van der Waals surface area contributed by atoms with Gasteiger partial charge in [0.15, 0.2) is 0 Å². The van der Waals surface area contributed by atoms with Gasteiger partial charge in [0.05, 0.1) is 4.90 Å². The fraction of sp³-hybridized carbons (Fsp3) is 0. The molecule has 138 valence electrons. The molecule has 0 atom stereocenters. The number of anilines is 2. The van der Waals surface area contributed by atoms with Crippen molar-refractivity contribution < 1.29 is 13.2 Å². The lowest BCUT2D eigenvalue weighted by Crippen LogP contribution is -2.16. The Morgan fingerprint density at radius 2 is 1.33 bits per heavy atom. The molecule has 3 aromatic carbocycles. The topological polar surface area (TPSA) is 75.3 Å². The first kappa shape index (κ1) is 19.6. The summed E-state index contributed by atoms with van der Waals surface area (Å²) in [5.74, 6) is -0.391. The molecule has 0 saturated heterocycles. The van der Waals surface area contributed by atoms with E-state index in [2.05, 4.69) is 41.9 Å². The predicted octanol–water partition coefficient (Wildman–Crippen LogP) is 5.26. The van der Waals surface area contributed by atoms with Gasteiger partial charge in [-0.3, -0.25) is 9.52 Å². The highest BCUT2D eigenvalue weighted by molar-refractivity contribution is 9.10. The van der Waals surface area contributed by atoms with Crippen LogP contribution in [0.25, 0.3) is 0 Å².